The summed E-state index contributed by atoms with van der Waals surface area (Å²) < 4.78 is 0. The summed E-state index contributed by atoms with van der Waals surface area (Å²) in [6, 6.07) is 10.6. The van der Waals surface area contributed by atoms with Crippen LogP contribution in [0.15, 0.2) is 30.3 Å². The van der Waals surface area contributed by atoms with E-state index in [1.165, 1.54) is 37.8 Å². The molecule has 0 spiro atoms. The lowest BCUT2D eigenvalue weighted by Crippen LogP contribution is -2.35. The van der Waals surface area contributed by atoms with Gasteiger partial charge in [0, 0.05) is 30.8 Å². The summed E-state index contributed by atoms with van der Waals surface area (Å²) in [5.41, 5.74) is 5.37. The number of aromatic nitrogens is 3. The maximum Gasteiger partial charge on any atom is 0.178 e. The van der Waals surface area contributed by atoms with E-state index < -0.39 is 0 Å². The number of halogens is 1. The van der Waals surface area contributed by atoms with E-state index in [0.717, 1.165) is 53.7 Å². The third-order valence-electron chi connectivity index (χ3n) is 6.99. The standard InChI is InChI=1S/C24H29ClN4/c1-3-24(2)14-16(15-24)12-21-26-20-13-19(25)22(28-23(20)27-21)17-6-8-18(9-7-17)29-10-4-5-11-29/h6-9,13,16H,3-5,10-12,14-15H2,1-2H3,(H,26,27,28). The van der Waals surface area contributed by atoms with Crippen LogP contribution < -0.4 is 4.90 Å². The number of benzene rings is 1. The van der Waals surface area contributed by atoms with Crippen LogP contribution in [0.5, 0.6) is 0 Å². The molecule has 1 N–H and O–H groups in total. The number of nitrogens with zero attached hydrogens (tertiary/aromatic N) is 3. The van der Waals surface area contributed by atoms with Gasteiger partial charge in [0.1, 0.15) is 5.82 Å². The molecule has 2 fully saturated rings. The fourth-order valence-electron chi connectivity index (χ4n) is 5.11. The molecule has 0 unspecified atom stereocenters. The lowest BCUT2D eigenvalue weighted by atomic mass is 9.61. The van der Waals surface area contributed by atoms with Crippen molar-refractivity contribution in [1.29, 1.82) is 0 Å². The number of fused-ring (bicyclic) bond motifs is 1. The first-order valence-corrected chi connectivity index (χ1v) is 11.3. The zero-order valence-electron chi connectivity index (χ0n) is 17.3. The highest BCUT2D eigenvalue weighted by molar-refractivity contribution is 6.33. The van der Waals surface area contributed by atoms with Crippen molar-refractivity contribution in [1.82, 2.24) is 15.0 Å². The molecule has 0 amide bonds. The summed E-state index contributed by atoms with van der Waals surface area (Å²) in [5, 5.41) is 0.670. The van der Waals surface area contributed by atoms with E-state index in [9.17, 15) is 0 Å². The number of H-pyrrole nitrogens is 1. The number of nitrogens with one attached hydrogen (secondary N) is 1. The van der Waals surface area contributed by atoms with Gasteiger partial charge >= 0.3 is 0 Å². The topological polar surface area (TPSA) is 44.8 Å². The van der Waals surface area contributed by atoms with Crippen molar-refractivity contribution in [3.63, 3.8) is 0 Å². The molecule has 0 bridgehead atoms. The van der Waals surface area contributed by atoms with Crippen LogP contribution in [0.3, 0.4) is 0 Å². The van der Waals surface area contributed by atoms with Crippen LogP contribution in [0.1, 0.15) is 51.8 Å². The summed E-state index contributed by atoms with van der Waals surface area (Å²) >= 11 is 6.59. The van der Waals surface area contributed by atoms with Gasteiger partial charge in [-0.05, 0) is 55.2 Å². The summed E-state index contributed by atoms with van der Waals surface area (Å²) in [4.78, 5) is 15.5. The van der Waals surface area contributed by atoms with E-state index in [0.29, 0.717) is 10.4 Å². The highest BCUT2D eigenvalue weighted by atomic mass is 35.5. The summed E-state index contributed by atoms with van der Waals surface area (Å²) in [6.45, 7) is 6.99. The minimum atomic E-state index is 0.534. The van der Waals surface area contributed by atoms with Crippen molar-refractivity contribution in [2.45, 2.75) is 52.4 Å². The van der Waals surface area contributed by atoms with E-state index >= 15 is 0 Å². The Kier molecular flexibility index (Phi) is 4.78. The first-order chi connectivity index (χ1) is 14.0. The van der Waals surface area contributed by atoms with Crippen molar-refractivity contribution in [2.24, 2.45) is 11.3 Å². The van der Waals surface area contributed by atoms with Crippen LogP contribution in [-0.2, 0) is 6.42 Å². The predicted molar refractivity (Wildman–Crippen MR) is 121 cm³/mol. The Morgan fingerprint density at radius 2 is 1.86 bits per heavy atom. The maximum atomic E-state index is 6.59. The molecule has 5 rings (SSSR count). The Labute approximate surface area is 177 Å². The third kappa shape index (κ3) is 3.63. The zero-order chi connectivity index (χ0) is 20.0. The van der Waals surface area contributed by atoms with Crippen LogP contribution in [0.4, 0.5) is 5.69 Å². The third-order valence-corrected chi connectivity index (χ3v) is 7.27. The van der Waals surface area contributed by atoms with E-state index in [1.54, 1.807) is 0 Å². The largest absolute Gasteiger partial charge is 0.372 e. The van der Waals surface area contributed by atoms with Gasteiger partial charge in [0.2, 0.25) is 0 Å². The normalized spacial score (nSPS) is 24.2. The smallest absolute Gasteiger partial charge is 0.178 e. The van der Waals surface area contributed by atoms with Crippen LogP contribution in [0.25, 0.3) is 22.4 Å². The highest BCUT2D eigenvalue weighted by Gasteiger charge is 2.38. The average Bonchev–Trinajstić information content (AvgIpc) is 3.35. The fraction of sp³-hybridized carbons (Fsp3) is 0.500. The molecule has 0 radical (unpaired) electrons. The maximum absolute atomic E-state index is 6.59. The quantitative estimate of drug-likeness (QED) is 0.542. The number of hydrogen-bond acceptors (Lipinski definition) is 3. The van der Waals surface area contributed by atoms with Gasteiger partial charge in [0.15, 0.2) is 5.65 Å². The zero-order valence-corrected chi connectivity index (χ0v) is 18.1. The molecule has 1 aromatic carbocycles. The first-order valence-electron chi connectivity index (χ1n) is 10.9. The van der Waals surface area contributed by atoms with Crippen molar-refractivity contribution in [3.8, 4) is 11.3 Å². The van der Waals surface area contributed by atoms with Gasteiger partial charge in [0.05, 0.1) is 16.2 Å². The SMILES string of the molecule is CCC1(C)CC(Cc2nc3nc(-c4ccc(N5CCCC5)cc4)c(Cl)cc3[nH]2)C1. The van der Waals surface area contributed by atoms with E-state index in [-0.39, 0.29) is 0 Å². The van der Waals surface area contributed by atoms with Gasteiger partial charge in [-0.15, -0.1) is 0 Å². The molecule has 3 heterocycles. The van der Waals surface area contributed by atoms with Gasteiger partial charge in [-0.25, -0.2) is 9.97 Å². The number of rotatable bonds is 5. The molecule has 1 aliphatic carbocycles. The second-order valence-electron chi connectivity index (χ2n) is 9.26. The summed E-state index contributed by atoms with van der Waals surface area (Å²) in [5.74, 6) is 1.77. The molecule has 29 heavy (non-hydrogen) atoms. The molecule has 1 saturated carbocycles. The van der Waals surface area contributed by atoms with Gasteiger partial charge in [-0.1, -0.05) is 44.0 Å². The van der Waals surface area contributed by atoms with Crippen LogP contribution in [-0.4, -0.2) is 28.0 Å². The molecule has 0 atom stereocenters. The van der Waals surface area contributed by atoms with Gasteiger partial charge in [0.25, 0.3) is 0 Å². The second kappa shape index (κ2) is 7.32. The number of pyridine rings is 1. The molecule has 2 aliphatic rings. The van der Waals surface area contributed by atoms with E-state index in [1.807, 2.05) is 6.07 Å². The Morgan fingerprint density at radius 1 is 1.14 bits per heavy atom. The molecule has 2 aromatic heterocycles. The van der Waals surface area contributed by atoms with E-state index in [2.05, 4.69) is 48.0 Å². The van der Waals surface area contributed by atoms with Crippen molar-refractivity contribution in [3.05, 3.63) is 41.2 Å². The summed E-state index contributed by atoms with van der Waals surface area (Å²) in [7, 11) is 0. The van der Waals surface area contributed by atoms with Crippen LogP contribution in [0, 0.1) is 11.3 Å². The molecular formula is C24H29ClN4. The molecule has 152 valence electrons. The fourth-order valence-corrected chi connectivity index (χ4v) is 5.37. The van der Waals surface area contributed by atoms with Crippen molar-refractivity contribution in [2.75, 3.05) is 18.0 Å². The van der Waals surface area contributed by atoms with Gasteiger partial charge in [-0.2, -0.15) is 0 Å². The van der Waals surface area contributed by atoms with Crippen LogP contribution in [0.2, 0.25) is 5.02 Å². The first kappa shape index (κ1) is 18.9. The van der Waals surface area contributed by atoms with Crippen molar-refractivity contribution < 1.29 is 0 Å². The average molecular weight is 409 g/mol. The lowest BCUT2D eigenvalue weighted by molar-refractivity contribution is 0.0700. The molecule has 3 aromatic rings. The second-order valence-corrected chi connectivity index (χ2v) is 9.66. The molecule has 1 saturated heterocycles. The van der Waals surface area contributed by atoms with Crippen LogP contribution >= 0.6 is 11.6 Å². The number of hydrogen-bond donors (Lipinski definition) is 1. The minimum Gasteiger partial charge on any atom is -0.372 e. The minimum absolute atomic E-state index is 0.534. The van der Waals surface area contributed by atoms with E-state index in [4.69, 9.17) is 21.6 Å². The Hall–Kier alpha value is -2.07. The number of aromatic amines is 1. The lowest BCUT2D eigenvalue weighted by Gasteiger charge is -2.44. The van der Waals surface area contributed by atoms with Crippen molar-refractivity contribution >= 4 is 28.5 Å². The van der Waals surface area contributed by atoms with Gasteiger partial charge < -0.3 is 9.88 Å². The molecule has 5 heteroatoms. The van der Waals surface area contributed by atoms with Gasteiger partial charge in [-0.3, -0.25) is 0 Å². The Morgan fingerprint density at radius 3 is 2.55 bits per heavy atom. The molecule has 1 aliphatic heterocycles. The number of imidazole rings is 1. The molecule has 4 nitrogen and oxygen atoms in total. The molecular weight excluding hydrogens is 380 g/mol. The Bertz CT molecular complexity index is 1010. The summed E-state index contributed by atoms with van der Waals surface area (Å²) in [6.07, 6.45) is 7.43. The number of anilines is 1. The monoisotopic (exact) mass is 408 g/mol. The highest BCUT2D eigenvalue weighted by Crippen LogP contribution is 2.48. The Balaban J connectivity index is 1.37. The predicted octanol–water partition coefficient (Wildman–Crippen LogP) is 6.25.